The van der Waals surface area contributed by atoms with Gasteiger partial charge in [0.1, 0.15) is 0 Å². The molecule has 0 spiro atoms. The maximum atomic E-state index is 11.8. The van der Waals surface area contributed by atoms with Gasteiger partial charge in [-0.2, -0.15) is 0 Å². The topological polar surface area (TPSA) is 60.0 Å². The molecule has 1 amide bonds. The first-order valence-electron chi connectivity index (χ1n) is 10.1. The van der Waals surface area contributed by atoms with Crippen molar-refractivity contribution in [3.05, 3.63) is 53.6 Å². The van der Waals surface area contributed by atoms with E-state index >= 15 is 0 Å². The van der Waals surface area contributed by atoms with Crippen LogP contribution in [0, 0.1) is 5.92 Å². The number of nitrogens with zero attached hydrogens (tertiary/aromatic N) is 1. The molecule has 2 aliphatic rings. The van der Waals surface area contributed by atoms with Gasteiger partial charge in [-0.1, -0.05) is 12.2 Å². The van der Waals surface area contributed by atoms with E-state index in [0.29, 0.717) is 23.2 Å². The SMILES string of the molecule is COc1cc(C2Nc3ccc(N(C)C(C)=O)cc3C3C=CCC32)cc(OC)c1OC. The van der Waals surface area contributed by atoms with E-state index in [1.807, 2.05) is 18.2 Å². The monoisotopic (exact) mass is 408 g/mol. The predicted molar refractivity (Wildman–Crippen MR) is 118 cm³/mol. The minimum atomic E-state index is 0.0209. The molecule has 0 fully saturated rings. The lowest BCUT2D eigenvalue weighted by Crippen LogP contribution is -2.30. The highest BCUT2D eigenvalue weighted by Crippen LogP contribution is 2.52. The van der Waals surface area contributed by atoms with Gasteiger partial charge < -0.3 is 24.4 Å². The molecule has 30 heavy (non-hydrogen) atoms. The molecule has 0 saturated heterocycles. The molecule has 1 aliphatic heterocycles. The van der Waals surface area contributed by atoms with Crippen molar-refractivity contribution >= 4 is 17.3 Å². The van der Waals surface area contributed by atoms with Crippen molar-refractivity contribution in [3.63, 3.8) is 0 Å². The van der Waals surface area contributed by atoms with Crippen LogP contribution in [0.25, 0.3) is 0 Å². The molecule has 3 atom stereocenters. The van der Waals surface area contributed by atoms with Crippen molar-refractivity contribution in [2.24, 2.45) is 5.92 Å². The summed E-state index contributed by atoms with van der Waals surface area (Å²) in [4.78, 5) is 13.5. The molecular formula is C24H28N2O4. The fourth-order valence-corrected chi connectivity index (χ4v) is 4.58. The Bertz CT molecular complexity index is 976. The number of ether oxygens (including phenoxy) is 3. The summed E-state index contributed by atoms with van der Waals surface area (Å²) in [5.74, 6) is 2.56. The summed E-state index contributed by atoms with van der Waals surface area (Å²) < 4.78 is 16.6. The Morgan fingerprint density at radius 2 is 1.77 bits per heavy atom. The number of amides is 1. The van der Waals surface area contributed by atoms with Crippen LogP contribution in [-0.4, -0.2) is 34.3 Å². The molecule has 0 saturated carbocycles. The van der Waals surface area contributed by atoms with Crippen LogP contribution in [-0.2, 0) is 4.79 Å². The molecule has 6 heteroatoms. The molecule has 158 valence electrons. The third-order valence-corrected chi connectivity index (χ3v) is 6.25. The van der Waals surface area contributed by atoms with Crippen LogP contribution in [0.2, 0.25) is 0 Å². The fourth-order valence-electron chi connectivity index (χ4n) is 4.58. The summed E-state index contributed by atoms with van der Waals surface area (Å²) in [6.45, 7) is 1.58. The molecule has 1 N–H and O–H groups in total. The number of carbonyl (C=O) groups is 1. The lowest BCUT2D eigenvalue weighted by molar-refractivity contribution is -0.116. The van der Waals surface area contributed by atoms with Crippen molar-refractivity contribution in [1.29, 1.82) is 0 Å². The van der Waals surface area contributed by atoms with Crippen LogP contribution < -0.4 is 24.4 Å². The maximum Gasteiger partial charge on any atom is 0.223 e. The summed E-state index contributed by atoms with van der Waals surface area (Å²) in [5.41, 5.74) is 4.32. The number of benzene rings is 2. The van der Waals surface area contributed by atoms with Gasteiger partial charge in [-0.05, 0) is 53.8 Å². The Balaban J connectivity index is 1.76. The van der Waals surface area contributed by atoms with Crippen LogP contribution in [0.15, 0.2) is 42.5 Å². The van der Waals surface area contributed by atoms with Crippen molar-refractivity contribution in [2.45, 2.75) is 25.3 Å². The average molecular weight is 408 g/mol. The Kier molecular flexibility index (Phi) is 5.33. The van der Waals surface area contributed by atoms with Gasteiger partial charge in [-0.25, -0.2) is 0 Å². The van der Waals surface area contributed by atoms with Gasteiger partial charge in [-0.15, -0.1) is 0 Å². The summed E-state index contributed by atoms with van der Waals surface area (Å²) >= 11 is 0. The first kappa shape index (κ1) is 20.1. The van der Waals surface area contributed by atoms with Gasteiger partial charge in [0.15, 0.2) is 11.5 Å². The molecule has 0 aromatic heterocycles. The highest BCUT2D eigenvalue weighted by molar-refractivity contribution is 5.91. The van der Waals surface area contributed by atoms with Crippen LogP contribution >= 0.6 is 0 Å². The zero-order chi connectivity index (χ0) is 21.4. The number of anilines is 2. The van der Waals surface area contributed by atoms with E-state index in [2.05, 4.69) is 29.6 Å². The second-order valence-corrected chi connectivity index (χ2v) is 7.78. The fraction of sp³-hybridized carbons (Fsp3) is 0.375. The third kappa shape index (κ3) is 3.26. The molecule has 6 nitrogen and oxygen atoms in total. The van der Waals surface area contributed by atoms with E-state index in [1.165, 1.54) is 5.56 Å². The highest BCUT2D eigenvalue weighted by atomic mass is 16.5. The first-order valence-corrected chi connectivity index (χ1v) is 10.1. The van der Waals surface area contributed by atoms with Crippen molar-refractivity contribution in [1.82, 2.24) is 0 Å². The van der Waals surface area contributed by atoms with Crippen molar-refractivity contribution in [3.8, 4) is 17.2 Å². The Morgan fingerprint density at radius 1 is 1.07 bits per heavy atom. The second kappa shape index (κ2) is 7.94. The van der Waals surface area contributed by atoms with Gasteiger partial charge in [-0.3, -0.25) is 4.79 Å². The van der Waals surface area contributed by atoms with Gasteiger partial charge in [0.25, 0.3) is 0 Å². The first-order chi connectivity index (χ1) is 14.5. The number of rotatable bonds is 5. The molecule has 1 aliphatic carbocycles. The van der Waals surface area contributed by atoms with Gasteiger partial charge in [0, 0.05) is 31.3 Å². The Morgan fingerprint density at radius 3 is 2.37 bits per heavy atom. The third-order valence-electron chi connectivity index (χ3n) is 6.25. The van der Waals surface area contributed by atoms with E-state index in [-0.39, 0.29) is 17.9 Å². The number of hydrogen-bond donors (Lipinski definition) is 1. The van der Waals surface area contributed by atoms with Crippen LogP contribution in [0.4, 0.5) is 11.4 Å². The molecule has 0 radical (unpaired) electrons. The summed E-state index contributed by atoms with van der Waals surface area (Å²) in [6.07, 6.45) is 5.51. The van der Waals surface area contributed by atoms with Crippen LogP contribution in [0.3, 0.4) is 0 Å². The number of allylic oxidation sites excluding steroid dienone is 2. The molecule has 2 aromatic rings. The smallest absolute Gasteiger partial charge is 0.223 e. The second-order valence-electron chi connectivity index (χ2n) is 7.78. The predicted octanol–water partition coefficient (Wildman–Crippen LogP) is 4.52. The summed E-state index contributed by atoms with van der Waals surface area (Å²) in [5, 5.41) is 3.72. The quantitative estimate of drug-likeness (QED) is 0.737. The van der Waals surface area contributed by atoms with Crippen molar-refractivity contribution in [2.75, 3.05) is 38.6 Å². The molecular weight excluding hydrogens is 380 g/mol. The summed E-state index contributed by atoms with van der Waals surface area (Å²) in [6, 6.07) is 10.3. The zero-order valence-corrected chi connectivity index (χ0v) is 18.1. The van der Waals surface area contributed by atoms with E-state index in [4.69, 9.17) is 14.2 Å². The summed E-state index contributed by atoms with van der Waals surface area (Å²) in [7, 11) is 6.69. The van der Waals surface area contributed by atoms with Gasteiger partial charge in [0.2, 0.25) is 11.7 Å². The van der Waals surface area contributed by atoms with E-state index in [1.54, 1.807) is 40.2 Å². The Labute approximate surface area is 177 Å². The van der Waals surface area contributed by atoms with Gasteiger partial charge in [0.05, 0.1) is 27.4 Å². The molecule has 4 rings (SSSR count). The maximum absolute atomic E-state index is 11.8. The molecule has 3 unspecified atom stereocenters. The normalized spacial score (nSPS) is 21.3. The largest absolute Gasteiger partial charge is 0.493 e. The van der Waals surface area contributed by atoms with E-state index < -0.39 is 0 Å². The number of carbonyl (C=O) groups excluding carboxylic acids is 1. The number of fused-ring (bicyclic) bond motifs is 3. The molecule has 2 aromatic carbocycles. The highest BCUT2D eigenvalue weighted by Gasteiger charge is 2.38. The standard InChI is InChI=1S/C24H28N2O4/c1-14(27)26(2)16-9-10-20-19(13-16)17-7-6-8-18(17)23(25-20)15-11-21(28-3)24(30-5)22(12-15)29-4/h6-7,9-13,17-18,23,25H,8H2,1-5H3. The number of hydrogen-bond acceptors (Lipinski definition) is 5. The lowest BCUT2D eigenvalue weighted by atomic mass is 9.76. The number of nitrogens with one attached hydrogen (secondary N) is 1. The molecule has 0 bridgehead atoms. The minimum absolute atomic E-state index is 0.0209. The van der Waals surface area contributed by atoms with E-state index in [0.717, 1.165) is 23.4 Å². The molecule has 1 heterocycles. The minimum Gasteiger partial charge on any atom is -0.493 e. The zero-order valence-electron chi connectivity index (χ0n) is 18.1. The lowest BCUT2D eigenvalue weighted by Gasteiger charge is -2.38. The van der Waals surface area contributed by atoms with Crippen LogP contribution in [0.1, 0.15) is 36.4 Å². The van der Waals surface area contributed by atoms with E-state index in [9.17, 15) is 4.79 Å². The van der Waals surface area contributed by atoms with Gasteiger partial charge >= 0.3 is 0 Å². The Hall–Kier alpha value is -3.15. The van der Waals surface area contributed by atoms with Crippen molar-refractivity contribution < 1.29 is 19.0 Å². The average Bonchev–Trinajstić information content (AvgIpc) is 3.26. The van der Waals surface area contributed by atoms with Crippen LogP contribution in [0.5, 0.6) is 17.2 Å². The number of methoxy groups -OCH3 is 3.